The summed E-state index contributed by atoms with van der Waals surface area (Å²) in [5.74, 6) is 1.09. The van der Waals surface area contributed by atoms with Crippen LogP contribution in [-0.2, 0) is 4.74 Å². The van der Waals surface area contributed by atoms with Gasteiger partial charge in [0.25, 0.3) is 0 Å². The molecule has 24 heavy (non-hydrogen) atoms. The second-order valence-electron chi connectivity index (χ2n) is 6.68. The van der Waals surface area contributed by atoms with Crippen LogP contribution < -0.4 is 5.32 Å². The van der Waals surface area contributed by atoms with Crippen molar-refractivity contribution >= 4 is 24.8 Å². The Morgan fingerprint density at radius 2 is 1.62 bits per heavy atom. The molecule has 2 N–H and O–H groups in total. The van der Waals surface area contributed by atoms with Crippen molar-refractivity contribution in [2.75, 3.05) is 39.4 Å². The van der Waals surface area contributed by atoms with Crippen molar-refractivity contribution in [3.8, 4) is 5.75 Å². The number of aromatic hydroxyl groups is 1. The predicted octanol–water partition coefficient (Wildman–Crippen LogP) is 3.23. The third-order valence-electron chi connectivity index (χ3n) is 5.11. The lowest BCUT2D eigenvalue weighted by atomic mass is 9.84. The first-order chi connectivity index (χ1) is 10.7. The highest BCUT2D eigenvalue weighted by Gasteiger charge is 2.31. The van der Waals surface area contributed by atoms with E-state index < -0.39 is 0 Å². The van der Waals surface area contributed by atoms with E-state index in [1.807, 2.05) is 13.8 Å². The zero-order chi connectivity index (χ0) is 15.5. The van der Waals surface area contributed by atoms with Crippen LogP contribution in [0.15, 0.2) is 12.1 Å². The van der Waals surface area contributed by atoms with Crippen LogP contribution in [0.1, 0.15) is 35.6 Å². The number of hydrogen-bond donors (Lipinski definition) is 2. The fraction of sp³-hybridized carbons (Fsp3) is 0.667. The van der Waals surface area contributed by atoms with E-state index in [1.165, 1.54) is 5.56 Å². The summed E-state index contributed by atoms with van der Waals surface area (Å²) in [4.78, 5) is 2.62. The summed E-state index contributed by atoms with van der Waals surface area (Å²) in [6.07, 6.45) is 2.27. The van der Waals surface area contributed by atoms with E-state index in [4.69, 9.17) is 4.74 Å². The highest BCUT2D eigenvalue weighted by atomic mass is 35.5. The number of rotatable bonds is 3. The molecular formula is C18H30Cl2N2O2. The molecule has 0 radical (unpaired) electrons. The quantitative estimate of drug-likeness (QED) is 0.849. The van der Waals surface area contributed by atoms with E-state index in [0.29, 0.717) is 17.7 Å². The van der Waals surface area contributed by atoms with Crippen LogP contribution in [0.2, 0.25) is 0 Å². The van der Waals surface area contributed by atoms with E-state index in [0.717, 1.165) is 63.4 Å². The molecule has 0 saturated carbocycles. The molecule has 0 aromatic heterocycles. The molecule has 138 valence electrons. The van der Waals surface area contributed by atoms with Gasteiger partial charge in [-0.3, -0.25) is 4.90 Å². The third kappa shape index (κ3) is 4.77. The van der Waals surface area contributed by atoms with Crippen LogP contribution in [0.3, 0.4) is 0 Å². The second kappa shape index (κ2) is 9.83. The Balaban J connectivity index is 0.00000144. The van der Waals surface area contributed by atoms with Gasteiger partial charge in [-0.05, 0) is 49.3 Å². The van der Waals surface area contributed by atoms with E-state index in [-0.39, 0.29) is 24.8 Å². The van der Waals surface area contributed by atoms with Crippen molar-refractivity contribution < 1.29 is 9.84 Å². The Morgan fingerprint density at radius 1 is 1.08 bits per heavy atom. The number of phenols is 1. The highest BCUT2D eigenvalue weighted by Crippen LogP contribution is 2.37. The van der Waals surface area contributed by atoms with Gasteiger partial charge in [-0.1, -0.05) is 12.1 Å². The minimum Gasteiger partial charge on any atom is -0.507 e. The van der Waals surface area contributed by atoms with Gasteiger partial charge in [0.1, 0.15) is 5.75 Å². The maximum atomic E-state index is 10.1. The number of aryl methyl sites for hydroxylation is 2. The van der Waals surface area contributed by atoms with Crippen molar-refractivity contribution in [3.63, 3.8) is 0 Å². The highest BCUT2D eigenvalue weighted by molar-refractivity contribution is 5.85. The largest absolute Gasteiger partial charge is 0.507 e. The van der Waals surface area contributed by atoms with Crippen molar-refractivity contribution in [1.29, 1.82) is 0 Å². The molecule has 2 aliphatic rings. The van der Waals surface area contributed by atoms with Crippen LogP contribution >= 0.6 is 24.8 Å². The molecular weight excluding hydrogens is 347 g/mol. The number of phenolic OH excluding ortho intramolecular Hbond substituents is 1. The van der Waals surface area contributed by atoms with Crippen molar-refractivity contribution in [2.24, 2.45) is 5.92 Å². The summed E-state index contributed by atoms with van der Waals surface area (Å²) in [6.45, 7) is 10.1. The lowest BCUT2D eigenvalue weighted by molar-refractivity contribution is 0.0212. The molecule has 1 aromatic rings. The SMILES string of the molecule is Cc1cc([C@H](C2CCOCC2)N2CCNCC2)cc(C)c1O.Cl.Cl. The van der Waals surface area contributed by atoms with Gasteiger partial charge in [0, 0.05) is 45.4 Å². The number of halogens is 2. The van der Waals surface area contributed by atoms with Crippen LogP contribution in [0.4, 0.5) is 0 Å². The Bertz CT molecular complexity index is 475. The van der Waals surface area contributed by atoms with Gasteiger partial charge < -0.3 is 15.2 Å². The van der Waals surface area contributed by atoms with Gasteiger partial charge in [-0.2, -0.15) is 0 Å². The molecule has 1 atom stereocenters. The Hall–Kier alpha value is -0.520. The average molecular weight is 377 g/mol. The molecule has 1 aromatic carbocycles. The Labute approximate surface area is 157 Å². The van der Waals surface area contributed by atoms with E-state index in [2.05, 4.69) is 22.3 Å². The van der Waals surface area contributed by atoms with Gasteiger partial charge in [0.05, 0.1) is 0 Å². The molecule has 0 spiro atoms. The summed E-state index contributed by atoms with van der Waals surface area (Å²) in [6, 6.07) is 4.82. The molecule has 0 aliphatic carbocycles. The predicted molar refractivity (Wildman–Crippen MR) is 103 cm³/mol. The minimum atomic E-state index is 0. The van der Waals surface area contributed by atoms with Gasteiger partial charge in [0.2, 0.25) is 0 Å². The molecule has 0 bridgehead atoms. The van der Waals surface area contributed by atoms with Crippen molar-refractivity contribution in [3.05, 3.63) is 28.8 Å². The van der Waals surface area contributed by atoms with Crippen molar-refractivity contribution in [1.82, 2.24) is 10.2 Å². The first-order valence-electron chi connectivity index (χ1n) is 8.49. The maximum Gasteiger partial charge on any atom is 0.121 e. The maximum absolute atomic E-state index is 10.1. The number of ether oxygens (including phenoxy) is 1. The normalized spacial score (nSPS) is 20.8. The molecule has 2 fully saturated rings. The number of hydrogen-bond acceptors (Lipinski definition) is 4. The first kappa shape index (κ1) is 21.5. The molecule has 4 nitrogen and oxygen atoms in total. The fourth-order valence-electron chi connectivity index (χ4n) is 3.93. The average Bonchev–Trinajstić information content (AvgIpc) is 2.55. The molecule has 2 aliphatic heterocycles. The van der Waals surface area contributed by atoms with Gasteiger partial charge in [-0.25, -0.2) is 0 Å². The molecule has 6 heteroatoms. The Morgan fingerprint density at radius 3 is 2.17 bits per heavy atom. The minimum absolute atomic E-state index is 0. The fourth-order valence-corrected chi connectivity index (χ4v) is 3.93. The van der Waals surface area contributed by atoms with Gasteiger partial charge in [0.15, 0.2) is 0 Å². The van der Waals surface area contributed by atoms with Gasteiger partial charge >= 0.3 is 0 Å². The standard InChI is InChI=1S/C18H28N2O2.2ClH/c1-13-11-16(12-14(2)18(13)21)17(15-3-9-22-10-4-15)20-7-5-19-6-8-20;;/h11-12,15,17,19,21H,3-10H2,1-2H3;2*1H/t17-;;/m0../s1. The van der Waals surface area contributed by atoms with Crippen LogP contribution in [0, 0.1) is 19.8 Å². The molecule has 2 saturated heterocycles. The Kier molecular flexibility index (Phi) is 8.82. The molecule has 3 rings (SSSR count). The second-order valence-corrected chi connectivity index (χ2v) is 6.68. The monoisotopic (exact) mass is 376 g/mol. The van der Waals surface area contributed by atoms with Gasteiger partial charge in [-0.15, -0.1) is 24.8 Å². The zero-order valence-corrected chi connectivity index (χ0v) is 16.2. The van der Waals surface area contributed by atoms with Crippen LogP contribution in [-0.4, -0.2) is 49.4 Å². The van der Waals surface area contributed by atoms with E-state index >= 15 is 0 Å². The smallest absolute Gasteiger partial charge is 0.121 e. The summed E-state index contributed by atoms with van der Waals surface area (Å²) < 4.78 is 5.57. The molecule has 0 amide bonds. The number of nitrogens with one attached hydrogen (secondary N) is 1. The summed E-state index contributed by atoms with van der Waals surface area (Å²) in [5, 5.41) is 13.5. The molecule has 2 heterocycles. The van der Waals surface area contributed by atoms with Crippen LogP contribution in [0.5, 0.6) is 5.75 Å². The van der Waals surface area contributed by atoms with Crippen LogP contribution in [0.25, 0.3) is 0 Å². The van der Waals surface area contributed by atoms with E-state index in [1.54, 1.807) is 0 Å². The third-order valence-corrected chi connectivity index (χ3v) is 5.11. The first-order valence-corrected chi connectivity index (χ1v) is 8.49. The molecule has 0 unspecified atom stereocenters. The lowest BCUT2D eigenvalue weighted by Crippen LogP contribution is -2.47. The topological polar surface area (TPSA) is 44.7 Å². The number of nitrogens with zero attached hydrogens (tertiary/aromatic N) is 1. The number of piperazine rings is 1. The summed E-state index contributed by atoms with van der Waals surface area (Å²) >= 11 is 0. The van der Waals surface area contributed by atoms with E-state index in [9.17, 15) is 5.11 Å². The summed E-state index contributed by atoms with van der Waals surface area (Å²) in [7, 11) is 0. The zero-order valence-electron chi connectivity index (χ0n) is 14.6. The summed E-state index contributed by atoms with van der Waals surface area (Å²) in [5.41, 5.74) is 3.34. The lowest BCUT2D eigenvalue weighted by Gasteiger charge is -2.41. The van der Waals surface area contributed by atoms with Crippen molar-refractivity contribution in [2.45, 2.75) is 32.7 Å². The number of benzene rings is 1.